The lowest BCUT2D eigenvalue weighted by Gasteiger charge is -2.25. The third-order valence-corrected chi connectivity index (χ3v) is 3.93. The molecule has 5 heteroatoms. The Hall–Kier alpha value is -1.42. The Bertz CT molecular complexity index is 560. The van der Waals surface area contributed by atoms with Crippen LogP contribution >= 0.6 is 11.6 Å². The van der Waals surface area contributed by atoms with Crippen LogP contribution in [0.2, 0.25) is 0 Å². The second kappa shape index (κ2) is 5.70. The van der Waals surface area contributed by atoms with E-state index in [9.17, 15) is 0 Å². The Morgan fingerprint density at radius 3 is 3.05 bits per heavy atom. The van der Waals surface area contributed by atoms with Crippen LogP contribution in [0.3, 0.4) is 0 Å². The van der Waals surface area contributed by atoms with Crippen LogP contribution in [-0.4, -0.2) is 33.4 Å². The summed E-state index contributed by atoms with van der Waals surface area (Å²) >= 11 is 5.80. The molecule has 1 aliphatic heterocycles. The third kappa shape index (κ3) is 2.63. The van der Waals surface area contributed by atoms with Crippen molar-refractivity contribution in [3.8, 4) is 0 Å². The molecule has 3 rings (SSSR count). The van der Waals surface area contributed by atoms with Crippen molar-refractivity contribution in [2.24, 2.45) is 0 Å². The minimum Gasteiger partial charge on any atom is -0.354 e. The second-order valence-corrected chi connectivity index (χ2v) is 5.27. The molecule has 1 unspecified atom stereocenters. The number of hydrogen-bond acceptors (Lipinski definition) is 4. The summed E-state index contributed by atoms with van der Waals surface area (Å²) in [5.74, 6) is 1.76. The zero-order valence-electron chi connectivity index (χ0n) is 10.8. The normalized spacial score (nSPS) is 19.2. The van der Waals surface area contributed by atoms with E-state index in [2.05, 4.69) is 25.9 Å². The molecule has 0 amide bonds. The molecule has 2 aromatic rings. The highest BCUT2D eigenvalue weighted by molar-refractivity contribution is 6.17. The SMILES string of the molecule is ClCCCC1CCCN1c1ccc2nccnc2n1. The molecule has 19 heavy (non-hydrogen) atoms. The maximum atomic E-state index is 5.80. The Balaban J connectivity index is 1.86. The quantitative estimate of drug-likeness (QED) is 0.805. The lowest BCUT2D eigenvalue weighted by atomic mass is 10.1. The van der Waals surface area contributed by atoms with Crippen molar-refractivity contribution in [1.82, 2.24) is 15.0 Å². The highest BCUT2D eigenvalue weighted by atomic mass is 35.5. The first-order valence-corrected chi connectivity index (χ1v) is 7.32. The molecule has 100 valence electrons. The fourth-order valence-electron chi connectivity index (χ4n) is 2.75. The molecule has 0 spiro atoms. The lowest BCUT2D eigenvalue weighted by molar-refractivity contribution is 0.599. The molecule has 0 aliphatic carbocycles. The van der Waals surface area contributed by atoms with Gasteiger partial charge in [-0.25, -0.2) is 9.97 Å². The molecule has 1 atom stereocenters. The van der Waals surface area contributed by atoms with Crippen molar-refractivity contribution < 1.29 is 0 Å². The Labute approximate surface area is 117 Å². The fourth-order valence-corrected chi connectivity index (χ4v) is 2.91. The maximum absolute atomic E-state index is 5.80. The number of nitrogens with zero attached hydrogens (tertiary/aromatic N) is 4. The van der Waals surface area contributed by atoms with Crippen LogP contribution in [0.5, 0.6) is 0 Å². The Morgan fingerprint density at radius 1 is 1.26 bits per heavy atom. The van der Waals surface area contributed by atoms with Crippen LogP contribution in [0.1, 0.15) is 25.7 Å². The number of pyridine rings is 1. The molecule has 0 bridgehead atoms. The summed E-state index contributed by atoms with van der Waals surface area (Å²) in [4.78, 5) is 15.6. The average molecular weight is 277 g/mol. The summed E-state index contributed by atoms with van der Waals surface area (Å²) in [5.41, 5.74) is 1.57. The van der Waals surface area contributed by atoms with Crippen LogP contribution < -0.4 is 4.90 Å². The highest BCUT2D eigenvalue weighted by Gasteiger charge is 2.25. The standard InChI is InChI=1S/C14H17ClN4/c15-7-1-3-11-4-2-10-19(11)13-6-5-12-14(18-13)17-9-8-16-12/h5-6,8-9,11H,1-4,7,10H2. The molecule has 0 N–H and O–H groups in total. The molecule has 0 radical (unpaired) electrons. The van der Waals surface area contributed by atoms with Gasteiger partial charge in [-0.15, -0.1) is 11.6 Å². The minimum atomic E-state index is 0.570. The van der Waals surface area contributed by atoms with E-state index in [1.807, 2.05) is 6.07 Å². The minimum absolute atomic E-state index is 0.570. The number of rotatable bonds is 4. The summed E-state index contributed by atoms with van der Waals surface area (Å²) in [6.45, 7) is 1.08. The van der Waals surface area contributed by atoms with Gasteiger partial charge in [0.15, 0.2) is 5.65 Å². The van der Waals surface area contributed by atoms with Gasteiger partial charge in [0, 0.05) is 30.9 Å². The Kier molecular flexibility index (Phi) is 3.78. The van der Waals surface area contributed by atoms with Crippen LogP contribution in [-0.2, 0) is 0 Å². The molecule has 1 fully saturated rings. The van der Waals surface area contributed by atoms with Crippen LogP contribution in [0.25, 0.3) is 11.2 Å². The van der Waals surface area contributed by atoms with Crippen molar-refractivity contribution in [3.63, 3.8) is 0 Å². The number of fused-ring (bicyclic) bond motifs is 1. The van der Waals surface area contributed by atoms with Gasteiger partial charge in [0.2, 0.25) is 0 Å². The van der Waals surface area contributed by atoms with Crippen molar-refractivity contribution >= 4 is 28.6 Å². The number of aromatic nitrogens is 3. The lowest BCUT2D eigenvalue weighted by Crippen LogP contribution is -2.30. The summed E-state index contributed by atoms with van der Waals surface area (Å²) in [5, 5.41) is 0. The number of halogens is 1. The number of hydrogen-bond donors (Lipinski definition) is 0. The van der Waals surface area contributed by atoms with E-state index in [1.54, 1.807) is 12.4 Å². The van der Waals surface area contributed by atoms with E-state index < -0.39 is 0 Å². The van der Waals surface area contributed by atoms with Gasteiger partial charge >= 0.3 is 0 Å². The fraction of sp³-hybridized carbons (Fsp3) is 0.500. The van der Waals surface area contributed by atoms with Gasteiger partial charge in [0.25, 0.3) is 0 Å². The predicted molar refractivity (Wildman–Crippen MR) is 77.7 cm³/mol. The number of alkyl halides is 1. The smallest absolute Gasteiger partial charge is 0.180 e. The third-order valence-electron chi connectivity index (χ3n) is 3.66. The molecule has 4 nitrogen and oxygen atoms in total. The second-order valence-electron chi connectivity index (χ2n) is 4.89. The first-order chi connectivity index (χ1) is 9.38. The van der Waals surface area contributed by atoms with Gasteiger partial charge in [0.1, 0.15) is 11.3 Å². The first kappa shape index (κ1) is 12.6. The summed E-state index contributed by atoms with van der Waals surface area (Å²) in [6.07, 6.45) is 8.06. The van der Waals surface area contributed by atoms with Gasteiger partial charge < -0.3 is 4.90 Å². The molecule has 2 aromatic heterocycles. The highest BCUT2D eigenvalue weighted by Crippen LogP contribution is 2.27. The zero-order valence-corrected chi connectivity index (χ0v) is 11.6. The van der Waals surface area contributed by atoms with Crippen molar-refractivity contribution in [2.75, 3.05) is 17.3 Å². The van der Waals surface area contributed by atoms with Crippen LogP contribution in [0.4, 0.5) is 5.82 Å². The van der Waals surface area contributed by atoms with E-state index >= 15 is 0 Å². The van der Waals surface area contributed by atoms with Crippen LogP contribution in [0.15, 0.2) is 24.5 Å². The Morgan fingerprint density at radius 2 is 2.16 bits per heavy atom. The van der Waals surface area contributed by atoms with Crippen molar-refractivity contribution in [2.45, 2.75) is 31.7 Å². The van der Waals surface area contributed by atoms with E-state index in [-0.39, 0.29) is 0 Å². The molecule has 3 heterocycles. The summed E-state index contributed by atoms with van der Waals surface area (Å²) < 4.78 is 0. The van der Waals surface area contributed by atoms with Gasteiger partial charge in [-0.1, -0.05) is 0 Å². The molecule has 0 aromatic carbocycles. The van der Waals surface area contributed by atoms with Gasteiger partial charge in [0.05, 0.1) is 0 Å². The molecular weight excluding hydrogens is 260 g/mol. The van der Waals surface area contributed by atoms with Gasteiger partial charge in [-0.3, -0.25) is 4.98 Å². The molecule has 1 aliphatic rings. The topological polar surface area (TPSA) is 41.9 Å². The van der Waals surface area contributed by atoms with Crippen LogP contribution in [0, 0.1) is 0 Å². The van der Waals surface area contributed by atoms with Crippen molar-refractivity contribution in [3.05, 3.63) is 24.5 Å². The van der Waals surface area contributed by atoms with E-state index in [0.29, 0.717) is 6.04 Å². The molecule has 1 saturated heterocycles. The predicted octanol–water partition coefficient (Wildman–Crippen LogP) is 3.01. The molecule has 0 saturated carbocycles. The molecular formula is C14H17ClN4. The maximum Gasteiger partial charge on any atom is 0.180 e. The van der Waals surface area contributed by atoms with Gasteiger partial charge in [-0.05, 0) is 37.8 Å². The first-order valence-electron chi connectivity index (χ1n) is 6.79. The average Bonchev–Trinajstić information content (AvgIpc) is 2.93. The van der Waals surface area contributed by atoms with E-state index in [1.165, 1.54) is 12.8 Å². The van der Waals surface area contributed by atoms with Gasteiger partial charge in [-0.2, -0.15) is 0 Å². The zero-order chi connectivity index (χ0) is 13.1. The summed E-state index contributed by atoms with van der Waals surface area (Å²) in [6, 6.07) is 4.62. The summed E-state index contributed by atoms with van der Waals surface area (Å²) in [7, 11) is 0. The van der Waals surface area contributed by atoms with Crippen molar-refractivity contribution in [1.29, 1.82) is 0 Å². The van der Waals surface area contributed by atoms with E-state index in [4.69, 9.17) is 11.6 Å². The monoisotopic (exact) mass is 276 g/mol. The number of anilines is 1. The van der Waals surface area contributed by atoms with E-state index in [0.717, 1.165) is 42.2 Å². The largest absolute Gasteiger partial charge is 0.354 e.